The molecule has 0 amide bonds. The second-order valence-electron chi connectivity index (χ2n) is 4.64. The first-order valence-electron chi connectivity index (χ1n) is 6.47. The number of methoxy groups -OCH3 is 1. The number of nitrogens with zero attached hydrogens (tertiary/aromatic N) is 2. The first-order chi connectivity index (χ1) is 10.4. The Kier molecular flexibility index (Phi) is 4.82. The van der Waals surface area contributed by atoms with Crippen molar-refractivity contribution in [2.45, 2.75) is 13.5 Å². The van der Waals surface area contributed by atoms with Crippen LogP contribution in [0.4, 0.5) is 0 Å². The van der Waals surface area contributed by atoms with Gasteiger partial charge in [-0.3, -0.25) is 4.68 Å². The van der Waals surface area contributed by atoms with Crippen LogP contribution in [-0.4, -0.2) is 28.8 Å². The second kappa shape index (κ2) is 6.62. The Morgan fingerprint density at radius 2 is 2.05 bits per heavy atom. The van der Waals surface area contributed by atoms with Gasteiger partial charge in [0, 0.05) is 7.05 Å². The molecule has 2 aromatic rings. The van der Waals surface area contributed by atoms with E-state index in [1.54, 1.807) is 38.2 Å². The molecule has 116 valence electrons. The fourth-order valence-electron chi connectivity index (χ4n) is 1.99. The Morgan fingerprint density at radius 3 is 2.64 bits per heavy atom. The molecule has 7 heteroatoms. The number of carbonyl (C=O) groups is 2. The highest BCUT2D eigenvalue weighted by Crippen LogP contribution is 2.20. The zero-order valence-corrected chi connectivity index (χ0v) is 13.2. The number of hydrogen-bond donors (Lipinski definition) is 0. The molecule has 0 spiro atoms. The molecule has 0 aliphatic carbocycles. The summed E-state index contributed by atoms with van der Waals surface area (Å²) in [5.74, 6) is -1.00. The molecule has 0 aliphatic rings. The van der Waals surface area contributed by atoms with Crippen molar-refractivity contribution in [3.63, 3.8) is 0 Å². The first kappa shape index (κ1) is 16.0. The second-order valence-corrected chi connectivity index (χ2v) is 5.00. The number of carbonyl (C=O) groups excluding carboxylic acids is 2. The van der Waals surface area contributed by atoms with Gasteiger partial charge in [0.2, 0.25) is 0 Å². The summed E-state index contributed by atoms with van der Waals surface area (Å²) in [7, 11) is 2.95. The molecule has 0 fully saturated rings. The summed E-state index contributed by atoms with van der Waals surface area (Å²) in [4.78, 5) is 23.6. The van der Waals surface area contributed by atoms with Crippen LogP contribution in [-0.2, 0) is 23.1 Å². The fourth-order valence-corrected chi connectivity index (χ4v) is 2.24. The van der Waals surface area contributed by atoms with E-state index in [1.807, 2.05) is 0 Å². The quantitative estimate of drug-likeness (QED) is 0.809. The maximum Gasteiger partial charge on any atom is 0.343 e. The summed E-state index contributed by atoms with van der Waals surface area (Å²) in [6.45, 7) is 1.70. The number of esters is 2. The van der Waals surface area contributed by atoms with E-state index in [-0.39, 0.29) is 17.3 Å². The average molecular weight is 323 g/mol. The molecule has 0 saturated carbocycles. The van der Waals surface area contributed by atoms with Crippen LogP contribution in [0.15, 0.2) is 24.3 Å². The van der Waals surface area contributed by atoms with Crippen LogP contribution in [0.1, 0.15) is 32.0 Å². The van der Waals surface area contributed by atoms with Crippen molar-refractivity contribution in [1.82, 2.24) is 9.78 Å². The molecule has 0 atom stereocenters. The van der Waals surface area contributed by atoms with Crippen LogP contribution in [0.5, 0.6) is 0 Å². The number of aromatic nitrogens is 2. The lowest BCUT2D eigenvalue weighted by Gasteiger charge is -2.06. The monoisotopic (exact) mass is 322 g/mol. The van der Waals surface area contributed by atoms with E-state index >= 15 is 0 Å². The minimum atomic E-state index is -0.556. The van der Waals surface area contributed by atoms with Crippen molar-refractivity contribution in [2.75, 3.05) is 7.11 Å². The number of ether oxygens (including phenoxy) is 2. The smallest absolute Gasteiger partial charge is 0.343 e. The highest BCUT2D eigenvalue weighted by Gasteiger charge is 2.20. The van der Waals surface area contributed by atoms with Gasteiger partial charge in [-0.05, 0) is 24.6 Å². The van der Waals surface area contributed by atoms with Gasteiger partial charge in [0.25, 0.3) is 0 Å². The molecular weight excluding hydrogens is 308 g/mol. The van der Waals surface area contributed by atoms with Crippen molar-refractivity contribution in [1.29, 1.82) is 0 Å². The van der Waals surface area contributed by atoms with E-state index in [1.165, 1.54) is 11.8 Å². The third-order valence-corrected chi connectivity index (χ3v) is 3.51. The third-order valence-electron chi connectivity index (χ3n) is 3.07. The third kappa shape index (κ3) is 3.28. The maximum absolute atomic E-state index is 12.1. The van der Waals surface area contributed by atoms with Gasteiger partial charge in [-0.25, -0.2) is 9.59 Å². The Bertz CT molecular complexity index is 724. The highest BCUT2D eigenvalue weighted by molar-refractivity contribution is 6.32. The Balaban J connectivity index is 2.10. The summed E-state index contributed by atoms with van der Waals surface area (Å²) in [6, 6.07) is 6.67. The SMILES string of the molecule is COC(=O)c1cccc(COC(=O)c2c(C)nn(C)c2Cl)c1. The van der Waals surface area contributed by atoms with Gasteiger partial charge in [0.05, 0.1) is 18.4 Å². The normalized spacial score (nSPS) is 10.4. The molecule has 0 N–H and O–H groups in total. The van der Waals surface area contributed by atoms with Crippen LogP contribution in [0.25, 0.3) is 0 Å². The van der Waals surface area contributed by atoms with Gasteiger partial charge >= 0.3 is 11.9 Å². The Morgan fingerprint density at radius 1 is 1.32 bits per heavy atom. The van der Waals surface area contributed by atoms with Crippen molar-refractivity contribution >= 4 is 23.5 Å². The van der Waals surface area contributed by atoms with Crippen molar-refractivity contribution in [3.8, 4) is 0 Å². The molecule has 1 aromatic heterocycles. The van der Waals surface area contributed by atoms with Crippen LogP contribution in [0, 0.1) is 6.92 Å². The molecule has 6 nitrogen and oxygen atoms in total. The predicted molar refractivity (Wildman–Crippen MR) is 79.9 cm³/mol. The van der Waals surface area contributed by atoms with E-state index in [0.29, 0.717) is 16.8 Å². The lowest BCUT2D eigenvalue weighted by molar-refractivity contribution is 0.0472. The number of aryl methyl sites for hydroxylation is 2. The van der Waals surface area contributed by atoms with E-state index in [0.717, 1.165) is 0 Å². The van der Waals surface area contributed by atoms with Gasteiger partial charge < -0.3 is 9.47 Å². The van der Waals surface area contributed by atoms with E-state index in [4.69, 9.17) is 16.3 Å². The number of rotatable bonds is 4. The minimum absolute atomic E-state index is 0.0222. The van der Waals surface area contributed by atoms with Gasteiger partial charge in [-0.1, -0.05) is 23.7 Å². The predicted octanol–water partition coefficient (Wildman–Crippen LogP) is 2.53. The van der Waals surface area contributed by atoms with E-state index < -0.39 is 11.9 Å². The molecule has 0 unspecified atom stereocenters. The molecule has 0 aliphatic heterocycles. The Hall–Kier alpha value is -2.34. The zero-order valence-electron chi connectivity index (χ0n) is 12.4. The number of benzene rings is 1. The van der Waals surface area contributed by atoms with Gasteiger partial charge in [0.15, 0.2) is 0 Å². The van der Waals surface area contributed by atoms with Crippen molar-refractivity contribution < 1.29 is 19.1 Å². The molecule has 0 saturated heterocycles. The summed E-state index contributed by atoms with van der Waals surface area (Å²) < 4.78 is 11.3. The minimum Gasteiger partial charge on any atom is -0.465 e. The van der Waals surface area contributed by atoms with Gasteiger partial charge in [-0.2, -0.15) is 5.10 Å². The average Bonchev–Trinajstić information content (AvgIpc) is 2.77. The molecule has 1 aromatic carbocycles. The maximum atomic E-state index is 12.1. The lowest BCUT2D eigenvalue weighted by atomic mass is 10.1. The Labute approximate surface area is 132 Å². The molecular formula is C15H15ClN2O4. The number of halogens is 1. The standard InChI is InChI=1S/C15H15ClN2O4/c1-9-12(13(16)18(2)17-9)15(20)22-8-10-5-4-6-11(7-10)14(19)21-3/h4-7H,8H2,1-3H3. The molecule has 1 heterocycles. The molecule has 2 rings (SSSR count). The largest absolute Gasteiger partial charge is 0.465 e. The fraction of sp³-hybridized carbons (Fsp3) is 0.267. The topological polar surface area (TPSA) is 70.4 Å². The van der Waals surface area contributed by atoms with Crippen LogP contribution < -0.4 is 0 Å². The molecule has 0 radical (unpaired) electrons. The van der Waals surface area contributed by atoms with E-state index in [9.17, 15) is 9.59 Å². The van der Waals surface area contributed by atoms with E-state index in [2.05, 4.69) is 9.84 Å². The highest BCUT2D eigenvalue weighted by atomic mass is 35.5. The first-order valence-corrected chi connectivity index (χ1v) is 6.85. The van der Waals surface area contributed by atoms with Crippen LogP contribution in [0.3, 0.4) is 0 Å². The summed E-state index contributed by atoms with van der Waals surface area (Å²) in [5.41, 5.74) is 1.81. The van der Waals surface area contributed by atoms with Crippen LogP contribution >= 0.6 is 11.6 Å². The lowest BCUT2D eigenvalue weighted by Crippen LogP contribution is -2.08. The van der Waals surface area contributed by atoms with Crippen molar-refractivity contribution in [2.24, 2.45) is 7.05 Å². The van der Waals surface area contributed by atoms with Crippen molar-refractivity contribution in [3.05, 3.63) is 51.8 Å². The zero-order chi connectivity index (χ0) is 16.3. The van der Waals surface area contributed by atoms with Gasteiger partial charge in [0.1, 0.15) is 17.3 Å². The van der Waals surface area contributed by atoms with Crippen LogP contribution in [0.2, 0.25) is 5.15 Å². The summed E-state index contributed by atoms with van der Waals surface area (Å²) in [5, 5.41) is 4.29. The molecule has 0 bridgehead atoms. The summed E-state index contributed by atoms with van der Waals surface area (Å²) >= 11 is 6.01. The van der Waals surface area contributed by atoms with Gasteiger partial charge in [-0.15, -0.1) is 0 Å². The molecule has 22 heavy (non-hydrogen) atoms. The number of hydrogen-bond acceptors (Lipinski definition) is 5. The summed E-state index contributed by atoms with van der Waals surface area (Å²) in [6.07, 6.45) is 0.